The first-order valence-electron chi connectivity index (χ1n) is 6.79. The van der Waals surface area contributed by atoms with Gasteiger partial charge in [-0.05, 0) is 25.1 Å². The Bertz CT molecular complexity index is 457. The summed E-state index contributed by atoms with van der Waals surface area (Å²) in [6.45, 7) is 1.62. The first-order valence-corrected chi connectivity index (χ1v) is 6.79. The van der Waals surface area contributed by atoms with E-state index in [1.807, 2.05) is 17.0 Å². The predicted octanol–water partition coefficient (Wildman–Crippen LogP) is 0.0249. The Morgan fingerprint density at radius 2 is 1.95 bits per heavy atom. The van der Waals surface area contributed by atoms with Crippen LogP contribution in [0.2, 0.25) is 0 Å². The van der Waals surface area contributed by atoms with Gasteiger partial charge in [0.05, 0.1) is 23.6 Å². The number of likely N-dealkylation sites (tertiary alicyclic amines) is 1. The van der Waals surface area contributed by atoms with Crippen molar-refractivity contribution in [3.63, 3.8) is 0 Å². The molecule has 2 rings (SSSR count). The number of aliphatic hydroxyl groups excluding tert-OH is 2. The van der Waals surface area contributed by atoms with Gasteiger partial charge in [-0.2, -0.15) is 0 Å². The molecule has 2 unspecified atom stereocenters. The van der Waals surface area contributed by atoms with Gasteiger partial charge in [0.2, 0.25) is 5.91 Å². The molecule has 0 aromatic heterocycles. The summed E-state index contributed by atoms with van der Waals surface area (Å²) in [6.07, 6.45) is -0.282. The van der Waals surface area contributed by atoms with Gasteiger partial charge >= 0.3 is 0 Å². The molecule has 2 atom stereocenters. The maximum Gasteiger partial charge on any atom is 0.224 e. The molecule has 0 radical (unpaired) electrons. The third-order valence-corrected chi connectivity index (χ3v) is 3.45. The molecule has 0 bridgehead atoms. The zero-order chi connectivity index (χ0) is 14.5. The molecule has 1 heterocycles. The largest absolute Gasteiger partial charge is 0.397 e. The van der Waals surface area contributed by atoms with Crippen LogP contribution in [0.25, 0.3) is 0 Å². The van der Waals surface area contributed by atoms with Crippen molar-refractivity contribution in [3.8, 4) is 0 Å². The van der Waals surface area contributed by atoms with Crippen LogP contribution in [0.15, 0.2) is 24.3 Å². The van der Waals surface area contributed by atoms with Crippen LogP contribution in [0.1, 0.15) is 12.8 Å². The van der Waals surface area contributed by atoms with Crippen molar-refractivity contribution in [2.24, 2.45) is 0 Å². The van der Waals surface area contributed by atoms with Crippen LogP contribution < -0.4 is 11.1 Å². The quantitative estimate of drug-likeness (QED) is 0.570. The number of hydrogen-bond acceptors (Lipinski definition) is 5. The van der Waals surface area contributed by atoms with Crippen molar-refractivity contribution in [1.29, 1.82) is 0 Å². The van der Waals surface area contributed by atoms with E-state index in [1.165, 1.54) is 0 Å². The highest BCUT2D eigenvalue weighted by atomic mass is 16.3. The van der Waals surface area contributed by atoms with Crippen molar-refractivity contribution < 1.29 is 15.0 Å². The number of nitrogen functional groups attached to an aromatic ring is 1. The molecular weight excluding hydrogens is 258 g/mol. The number of aliphatic hydroxyl groups is 2. The van der Waals surface area contributed by atoms with Gasteiger partial charge in [-0.1, -0.05) is 12.1 Å². The average molecular weight is 279 g/mol. The van der Waals surface area contributed by atoms with E-state index in [0.717, 1.165) is 0 Å². The summed E-state index contributed by atoms with van der Waals surface area (Å²) in [5, 5.41) is 21.6. The maximum absolute atomic E-state index is 11.8. The molecule has 1 aliphatic rings. The SMILES string of the molecule is Nc1ccccc1NC(=O)CCCN1CC(O)C(O)C1. The molecule has 0 saturated carbocycles. The fourth-order valence-electron chi connectivity index (χ4n) is 2.32. The molecule has 5 N–H and O–H groups in total. The lowest BCUT2D eigenvalue weighted by Gasteiger charge is -2.14. The van der Waals surface area contributed by atoms with Crippen molar-refractivity contribution in [1.82, 2.24) is 4.90 Å². The summed E-state index contributed by atoms with van der Waals surface area (Å²) in [5.74, 6) is -0.0804. The second-order valence-electron chi connectivity index (χ2n) is 5.13. The Hall–Kier alpha value is -1.63. The minimum Gasteiger partial charge on any atom is -0.397 e. The summed E-state index contributed by atoms with van der Waals surface area (Å²) in [4.78, 5) is 13.7. The van der Waals surface area contributed by atoms with Gasteiger partial charge in [0.25, 0.3) is 0 Å². The second-order valence-corrected chi connectivity index (χ2v) is 5.13. The number of nitrogens with one attached hydrogen (secondary N) is 1. The number of amides is 1. The van der Waals surface area contributed by atoms with E-state index >= 15 is 0 Å². The van der Waals surface area contributed by atoms with E-state index in [9.17, 15) is 15.0 Å². The Morgan fingerprint density at radius 1 is 1.30 bits per heavy atom. The van der Waals surface area contributed by atoms with E-state index in [4.69, 9.17) is 5.73 Å². The van der Waals surface area contributed by atoms with Crippen molar-refractivity contribution in [3.05, 3.63) is 24.3 Å². The summed E-state index contributed by atoms with van der Waals surface area (Å²) < 4.78 is 0. The maximum atomic E-state index is 11.8. The lowest BCUT2D eigenvalue weighted by Crippen LogP contribution is -2.24. The molecule has 20 heavy (non-hydrogen) atoms. The minimum atomic E-state index is -0.673. The normalized spacial score (nSPS) is 22.9. The van der Waals surface area contributed by atoms with Gasteiger partial charge in [0.15, 0.2) is 0 Å². The molecule has 6 nitrogen and oxygen atoms in total. The van der Waals surface area contributed by atoms with E-state index < -0.39 is 12.2 Å². The molecule has 1 amide bonds. The van der Waals surface area contributed by atoms with Gasteiger partial charge in [-0.3, -0.25) is 9.69 Å². The predicted molar refractivity (Wildman–Crippen MR) is 77.2 cm³/mol. The van der Waals surface area contributed by atoms with Crippen molar-refractivity contribution in [2.45, 2.75) is 25.0 Å². The molecule has 1 aliphatic heterocycles. The van der Waals surface area contributed by atoms with Crippen LogP contribution >= 0.6 is 0 Å². The Balaban J connectivity index is 1.70. The summed E-state index contributed by atoms with van der Waals surface area (Å²) in [6, 6.07) is 7.14. The number of rotatable bonds is 5. The summed E-state index contributed by atoms with van der Waals surface area (Å²) in [5.41, 5.74) is 6.93. The second kappa shape index (κ2) is 6.69. The number of nitrogens with zero attached hydrogens (tertiary/aromatic N) is 1. The van der Waals surface area contributed by atoms with Gasteiger partial charge in [-0.15, -0.1) is 0 Å². The molecule has 6 heteroatoms. The zero-order valence-corrected chi connectivity index (χ0v) is 11.3. The monoisotopic (exact) mass is 279 g/mol. The Morgan fingerprint density at radius 3 is 2.60 bits per heavy atom. The van der Waals surface area contributed by atoms with Gasteiger partial charge < -0.3 is 21.3 Å². The van der Waals surface area contributed by atoms with Crippen LogP contribution in [0.3, 0.4) is 0 Å². The van der Waals surface area contributed by atoms with Gasteiger partial charge in [-0.25, -0.2) is 0 Å². The fraction of sp³-hybridized carbons (Fsp3) is 0.500. The summed E-state index contributed by atoms with van der Waals surface area (Å²) >= 11 is 0. The number of nitrogens with two attached hydrogens (primary N) is 1. The molecule has 1 fully saturated rings. The van der Waals surface area contributed by atoms with Crippen LogP contribution in [0, 0.1) is 0 Å². The topological polar surface area (TPSA) is 98.8 Å². The molecule has 1 saturated heterocycles. The number of carbonyl (C=O) groups excluding carboxylic acids is 1. The number of carbonyl (C=O) groups is 1. The first kappa shape index (κ1) is 14.8. The van der Waals surface area contributed by atoms with Crippen LogP contribution in [0.4, 0.5) is 11.4 Å². The zero-order valence-electron chi connectivity index (χ0n) is 11.3. The van der Waals surface area contributed by atoms with E-state index in [1.54, 1.807) is 12.1 Å². The number of β-amino-alcohol motifs (C(OH)–C–C–N with tert-alkyl or cyclic N) is 2. The van der Waals surface area contributed by atoms with Crippen LogP contribution in [-0.4, -0.2) is 52.9 Å². The third-order valence-electron chi connectivity index (χ3n) is 3.45. The standard InChI is InChI=1S/C14H21N3O3/c15-10-4-1-2-5-11(10)16-14(20)6-3-7-17-8-12(18)13(19)9-17/h1-2,4-5,12-13,18-19H,3,6-9,15H2,(H,16,20). The molecule has 0 spiro atoms. The van der Waals surface area contributed by atoms with Crippen LogP contribution in [0.5, 0.6) is 0 Å². The van der Waals surface area contributed by atoms with Gasteiger partial charge in [0, 0.05) is 19.5 Å². The van der Waals surface area contributed by atoms with Crippen LogP contribution in [-0.2, 0) is 4.79 Å². The van der Waals surface area contributed by atoms with Crippen molar-refractivity contribution >= 4 is 17.3 Å². The third kappa shape index (κ3) is 3.93. The van der Waals surface area contributed by atoms with Gasteiger partial charge in [0.1, 0.15) is 0 Å². The summed E-state index contributed by atoms with van der Waals surface area (Å²) in [7, 11) is 0. The lowest BCUT2D eigenvalue weighted by atomic mass is 10.2. The lowest BCUT2D eigenvalue weighted by molar-refractivity contribution is -0.116. The van der Waals surface area contributed by atoms with Crippen molar-refractivity contribution in [2.75, 3.05) is 30.7 Å². The molecule has 110 valence electrons. The average Bonchev–Trinajstić information content (AvgIpc) is 2.71. The Kier molecular flexibility index (Phi) is 4.94. The molecule has 1 aromatic carbocycles. The fourth-order valence-corrected chi connectivity index (χ4v) is 2.32. The molecule has 1 aromatic rings. The highest BCUT2D eigenvalue weighted by molar-refractivity contribution is 5.93. The highest BCUT2D eigenvalue weighted by Gasteiger charge is 2.28. The van der Waals surface area contributed by atoms with E-state index in [0.29, 0.717) is 43.9 Å². The number of benzene rings is 1. The molecule has 0 aliphatic carbocycles. The number of anilines is 2. The van der Waals surface area contributed by atoms with E-state index in [-0.39, 0.29) is 5.91 Å². The highest BCUT2D eigenvalue weighted by Crippen LogP contribution is 2.17. The van der Waals surface area contributed by atoms with E-state index in [2.05, 4.69) is 5.32 Å². The minimum absolute atomic E-state index is 0.0804. The molecular formula is C14H21N3O3. The number of para-hydroxylation sites is 2. The first-order chi connectivity index (χ1) is 9.56. The Labute approximate surface area is 118 Å². The number of hydrogen-bond donors (Lipinski definition) is 4. The smallest absolute Gasteiger partial charge is 0.224 e.